The van der Waals surface area contributed by atoms with Gasteiger partial charge in [0.25, 0.3) is 0 Å². The third kappa shape index (κ3) is 3.33. The number of thioether (sulfide) groups is 1. The van der Waals surface area contributed by atoms with E-state index in [-0.39, 0.29) is 6.10 Å². The normalized spacial score (nSPS) is 30.5. The van der Waals surface area contributed by atoms with Crippen molar-refractivity contribution in [2.24, 2.45) is 0 Å². The second-order valence-corrected chi connectivity index (χ2v) is 4.39. The van der Waals surface area contributed by atoms with E-state index in [1.807, 2.05) is 11.8 Å². The van der Waals surface area contributed by atoms with Crippen LogP contribution in [-0.2, 0) is 0 Å². The van der Waals surface area contributed by atoms with Crippen molar-refractivity contribution in [3.8, 4) is 0 Å². The summed E-state index contributed by atoms with van der Waals surface area (Å²) in [6, 6.07) is 0.367. The molecule has 1 aliphatic carbocycles. The molecule has 0 aliphatic heterocycles. The van der Waals surface area contributed by atoms with Crippen LogP contribution in [0.2, 0.25) is 0 Å². The maximum absolute atomic E-state index is 9.60. The number of aliphatic hydroxyl groups excluding tert-OH is 1. The average molecular weight is 189 g/mol. The molecule has 0 heterocycles. The summed E-state index contributed by atoms with van der Waals surface area (Å²) in [5, 5.41) is 13.0. The van der Waals surface area contributed by atoms with Gasteiger partial charge in [0.2, 0.25) is 0 Å². The van der Waals surface area contributed by atoms with Gasteiger partial charge in [0.05, 0.1) is 6.10 Å². The van der Waals surface area contributed by atoms with Crippen LogP contribution < -0.4 is 5.32 Å². The Morgan fingerprint density at radius 1 is 1.42 bits per heavy atom. The number of hydrogen-bond donors (Lipinski definition) is 2. The second-order valence-electron chi connectivity index (χ2n) is 3.41. The lowest BCUT2D eigenvalue weighted by atomic mass is 9.93. The zero-order valence-corrected chi connectivity index (χ0v) is 8.57. The highest BCUT2D eigenvalue weighted by Crippen LogP contribution is 2.18. The first kappa shape index (κ1) is 10.4. The van der Waals surface area contributed by atoms with E-state index in [2.05, 4.69) is 11.6 Å². The van der Waals surface area contributed by atoms with E-state index < -0.39 is 0 Å². The van der Waals surface area contributed by atoms with Crippen LogP contribution in [0.3, 0.4) is 0 Å². The fourth-order valence-corrected chi connectivity index (χ4v) is 2.02. The van der Waals surface area contributed by atoms with E-state index in [0.717, 1.165) is 25.1 Å². The van der Waals surface area contributed by atoms with Crippen molar-refractivity contribution in [3.05, 3.63) is 0 Å². The van der Waals surface area contributed by atoms with Gasteiger partial charge < -0.3 is 10.4 Å². The van der Waals surface area contributed by atoms with Crippen LogP contribution in [0.1, 0.15) is 25.7 Å². The third-order valence-electron chi connectivity index (χ3n) is 2.44. The summed E-state index contributed by atoms with van der Waals surface area (Å²) in [5.74, 6) is 1.14. The predicted octanol–water partition coefficient (Wildman–Crippen LogP) is 1.24. The van der Waals surface area contributed by atoms with E-state index in [1.54, 1.807) is 0 Å². The molecule has 0 aromatic rings. The standard InChI is InChI=1S/C9H19NOS/c1-12-7-6-10-8-4-2-3-5-9(8)11/h8-11H,2-7H2,1H3/t8-,9-/m1/s1. The Hall–Kier alpha value is 0.270. The van der Waals surface area contributed by atoms with Crippen molar-refractivity contribution >= 4 is 11.8 Å². The van der Waals surface area contributed by atoms with Gasteiger partial charge in [-0.1, -0.05) is 12.8 Å². The third-order valence-corrected chi connectivity index (χ3v) is 3.05. The molecule has 0 radical (unpaired) electrons. The number of hydrogen-bond acceptors (Lipinski definition) is 3. The Balaban J connectivity index is 2.11. The predicted molar refractivity (Wildman–Crippen MR) is 54.6 cm³/mol. The summed E-state index contributed by atoms with van der Waals surface area (Å²) in [7, 11) is 0. The first-order valence-electron chi connectivity index (χ1n) is 4.75. The average Bonchev–Trinajstić information content (AvgIpc) is 2.09. The van der Waals surface area contributed by atoms with Gasteiger partial charge in [-0.15, -0.1) is 0 Å². The summed E-state index contributed by atoms with van der Waals surface area (Å²) in [5.41, 5.74) is 0. The van der Waals surface area contributed by atoms with Crippen LogP contribution in [0.4, 0.5) is 0 Å². The summed E-state index contributed by atoms with van der Waals surface area (Å²) >= 11 is 1.85. The summed E-state index contributed by atoms with van der Waals surface area (Å²) in [4.78, 5) is 0. The van der Waals surface area contributed by atoms with Gasteiger partial charge in [-0.05, 0) is 19.1 Å². The first-order valence-corrected chi connectivity index (χ1v) is 6.14. The minimum atomic E-state index is -0.0967. The Labute approximate surface area is 79.1 Å². The first-order chi connectivity index (χ1) is 5.84. The highest BCUT2D eigenvalue weighted by molar-refractivity contribution is 7.98. The van der Waals surface area contributed by atoms with E-state index in [0.29, 0.717) is 6.04 Å². The van der Waals surface area contributed by atoms with Crippen molar-refractivity contribution in [3.63, 3.8) is 0 Å². The van der Waals surface area contributed by atoms with Crippen molar-refractivity contribution in [2.45, 2.75) is 37.8 Å². The molecule has 1 saturated carbocycles. The SMILES string of the molecule is CSCCN[C@@H]1CCCC[C@H]1O. The fraction of sp³-hybridized carbons (Fsp3) is 1.00. The molecule has 0 spiro atoms. The molecule has 0 unspecified atom stereocenters. The molecule has 0 saturated heterocycles. The molecule has 72 valence electrons. The Kier molecular flexibility index (Phi) is 5.04. The molecule has 0 bridgehead atoms. The van der Waals surface area contributed by atoms with Crippen molar-refractivity contribution in [1.82, 2.24) is 5.32 Å². The Morgan fingerprint density at radius 2 is 2.17 bits per heavy atom. The van der Waals surface area contributed by atoms with Crippen LogP contribution in [0.25, 0.3) is 0 Å². The quantitative estimate of drug-likeness (QED) is 0.653. The summed E-state index contributed by atoms with van der Waals surface area (Å²) in [6.07, 6.45) is 6.61. The molecule has 12 heavy (non-hydrogen) atoms. The van der Waals surface area contributed by atoms with Gasteiger partial charge >= 0.3 is 0 Å². The zero-order valence-electron chi connectivity index (χ0n) is 7.75. The molecule has 1 rings (SSSR count). The fourth-order valence-electron chi connectivity index (χ4n) is 1.70. The summed E-state index contributed by atoms with van der Waals surface area (Å²) < 4.78 is 0. The Bertz CT molecular complexity index is 121. The largest absolute Gasteiger partial charge is 0.392 e. The van der Waals surface area contributed by atoms with E-state index >= 15 is 0 Å². The van der Waals surface area contributed by atoms with Crippen LogP contribution in [0, 0.1) is 0 Å². The Morgan fingerprint density at radius 3 is 2.83 bits per heavy atom. The molecule has 1 aliphatic rings. The molecular formula is C9H19NOS. The highest BCUT2D eigenvalue weighted by atomic mass is 32.2. The summed E-state index contributed by atoms with van der Waals surface area (Å²) in [6.45, 7) is 1.03. The molecule has 0 aromatic heterocycles. The van der Waals surface area contributed by atoms with Gasteiger partial charge in [-0.3, -0.25) is 0 Å². The monoisotopic (exact) mass is 189 g/mol. The molecule has 0 aromatic carbocycles. The second kappa shape index (κ2) is 5.84. The lowest BCUT2D eigenvalue weighted by Gasteiger charge is -2.28. The number of nitrogens with one attached hydrogen (secondary N) is 1. The molecule has 2 nitrogen and oxygen atoms in total. The van der Waals surface area contributed by atoms with E-state index in [4.69, 9.17) is 0 Å². The smallest absolute Gasteiger partial charge is 0.0693 e. The van der Waals surface area contributed by atoms with Gasteiger partial charge in [-0.2, -0.15) is 11.8 Å². The highest BCUT2D eigenvalue weighted by Gasteiger charge is 2.21. The van der Waals surface area contributed by atoms with Crippen molar-refractivity contribution in [1.29, 1.82) is 0 Å². The maximum Gasteiger partial charge on any atom is 0.0693 e. The molecular weight excluding hydrogens is 170 g/mol. The molecule has 3 heteroatoms. The van der Waals surface area contributed by atoms with Crippen molar-refractivity contribution in [2.75, 3.05) is 18.6 Å². The molecule has 1 fully saturated rings. The van der Waals surface area contributed by atoms with Crippen LogP contribution in [0.5, 0.6) is 0 Å². The lowest BCUT2D eigenvalue weighted by Crippen LogP contribution is -2.42. The van der Waals surface area contributed by atoms with Gasteiger partial charge in [-0.25, -0.2) is 0 Å². The zero-order chi connectivity index (χ0) is 8.81. The van der Waals surface area contributed by atoms with Gasteiger partial charge in [0, 0.05) is 18.3 Å². The van der Waals surface area contributed by atoms with E-state index in [1.165, 1.54) is 12.8 Å². The van der Waals surface area contributed by atoms with E-state index in [9.17, 15) is 5.11 Å². The van der Waals surface area contributed by atoms with Crippen molar-refractivity contribution < 1.29 is 5.11 Å². The molecule has 2 N–H and O–H groups in total. The molecule has 2 atom stereocenters. The topological polar surface area (TPSA) is 32.3 Å². The number of aliphatic hydroxyl groups is 1. The lowest BCUT2D eigenvalue weighted by molar-refractivity contribution is 0.0921. The van der Waals surface area contributed by atoms with Crippen LogP contribution in [0.15, 0.2) is 0 Å². The van der Waals surface area contributed by atoms with Crippen LogP contribution >= 0.6 is 11.8 Å². The van der Waals surface area contributed by atoms with Crippen LogP contribution in [-0.4, -0.2) is 35.8 Å². The van der Waals surface area contributed by atoms with Gasteiger partial charge in [0.1, 0.15) is 0 Å². The molecule has 0 amide bonds. The minimum Gasteiger partial charge on any atom is -0.392 e. The number of rotatable bonds is 4. The van der Waals surface area contributed by atoms with Gasteiger partial charge in [0.15, 0.2) is 0 Å². The minimum absolute atomic E-state index is 0.0967. The maximum atomic E-state index is 9.60.